The van der Waals surface area contributed by atoms with Crippen LogP contribution in [0, 0.1) is 0 Å². The Balaban J connectivity index is 1.67. The molecule has 3 rings (SSSR count). The van der Waals surface area contributed by atoms with Gasteiger partial charge in [-0.3, -0.25) is 14.4 Å². The fraction of sp³-hybridized carbons (Fsp3) is 0.714. The van der Waals surface area contributed by atoms with E-state index >= 15 is 0 Å². The van der Waals surface area contributed by atoms with Gasteiger partial charge in [0, 0.05) is 26.3 Å². The van der Waals surface area contributed by atoms with Crippen molar-refractivity contribution in [3.05, 3.63) is 12.3 Å². The minimum Gasteiger partial charge on any atom is -0.377 e. The molecule has 1 amide bonds. The van der Waals surface area contributed by atoms with E-state index in [0.29, 0.717) is 25.4 Å². The van der Waals surface area contributed by atoms with Crippen LogP contribution >= 0.6 is 0 Å². The second kappa shape index (κ2) is 6.58. The summed E-state index contributed by atoms with van der Waals surface area (Å²) < 4.78 is 34.1. The molecule has 0 radical (unpaired) electrons. The highest BCUT2D eigenvalue weighted by atomic mass is 32.2. The van der Waals surface area contributed by atoms with E-state index in [1.165, 1.54) is 0 Å². The Morgan fingerprint density at radius 3 is 2.87 bits per heavy atom. The number of carbonyl (C=O) groups is 1. The number of aryl methyl sites for hydroxylation is 1. The number of anilines is 1. The van der Waals surface area contributed by atoms with E-state index in [9.17, 15) is 13.2 Å². The largest absolute Gasteiger partial charge is 0.377 e. The van der Waals surface area contributed by atoms with Crippen LogP contribution in [0.1, 0.15) is 25.7 Å². The summed E-state index contributed by atoms with van der Waals surface area (Å²) in [5, 5.41) is 4.06. The van der Waals surface area contributed by atoms with Crippen LogP contribution in [0.25, 0.3) is 0 Å². The van der Waals surface area contributed by atoms with Crippen molar-refractivity contribution in [2.75, 3.05) is 23.8 Å². The standard InChI is InChI=1S/C14H22N4O4S/c1-17-13(6-7-15-17)18-8-2-5-12(14(18)19)16-23(20,21)10-11-4-3-9-22-11/h6-7,11-12,16H,2-5,8-10H2,1H3/t11-,12-/m1/s1. The molecule has 2 fully saturated rings. The third-order valence-corrected chi connectivity index (χ3v) is 5.72. The zero-order chi connectivity index (χ0) is 16.4. The van der Waals surface area contributed by atoms with Gasteiger partial charge < -0.3 is 4.74 Å². The van der Waals surface area contributed by atoms with Crippen LogP contribution in [0.3, 0.4) is 0 Å². The lowest BCUT2D eigenvalue weighted by Crippen LogP contribution is -2.53. The first-order chi connectivity index (χ1) is 11.0. The van der Waals surface area contributed by atoms with E-state index < -0.39 is 16.1 Å². The van der Waals surface area contributed by atoms with E-state index in [0.717, 1.165) is 19.3 Å². The van der Waals surface area contributed by atoms with Crippen molar-refractivity contribution in [1.82, 2.24) is 14.5 Å². The van der Waals surface area contributed by atoms with E-state index in [2.05, 4.69) is 9.82 Å². The lowest BCUT2D eigenvalue weighted by atomic mass is 10.1. The Labute approximate surface area is 135 Å². The molecule has 0 aromatic carbocycles. The van der Waals surface area contributed by atoms with Crippen LogP contribution in [0.2, 0.25) is 0 Å². The number of amides is 1. The van der Waals surface area contributed by atoms with Gasteiger partial charge in [-0.15, -0.1) is 0 Å². The maximum Gasteiger partial charge on any atom is 0.246 e. The minimum absolute atomic E-state index is 0.0809. The summed E-state index contributed by atoms with van der Waals surface area (Å²) in [7, 11) is -1.79. The van der Waals surface area contributed by atoms with Gasteiger partial charge in [0.05, 0.1) is 18.1 Å². The highest BCUT2D eigenvalue weighted by Crippen LogP contribution is 2.21. The van der Waals surface area contributed by atoms with Crippen LogP contribution in [-0.2, 0) is 26.6 Å². The maximum atomic E-state index is 12.6. The van der Waals surface area contributed by atoms with Gasteiger partial charge in [0.15, 0.2) is 0 Å². The summed E-state index contributed by atoms with van der Waals surface area (Å²) in [6.07, 6.45) is 4.24. The summed E-state index contributed by atoms with van der Waals surface area (Å²) in [5.74, 6) is 0.372. The number of nitrogens with zero attached hydrogens (tertiary/aromatic N) is 3. The second-order valence-corrected chi connectivity index (χ2v) is 7.83. The molecule has 128 valence electrons. The van der Waals surface area contributed by atoms with Crippen LogP contribution < -0.4 is 9.62 Å². The molecule has 0 unspecified atom stereocenters. The molecule has 2 aliphatic rings. The lowest BCUT2D eigenvalue weighted by Gasteiger charge is -2.32. The highest BCUT2D eigenvalue weighted by molar-refractivity contribution is 7.89. The molecule has 2 atom stereocenters. The van der Waals surface area contributed by atoms with Crippen molar-refractivity contribution >= 4 is 21.7 Å². The van der Waals surface area contributed by atoms with Gasteiger partial charge in [0.2, 0.25) is 15.9 Å². The maximum absolute atomic E-state index is 12.6. The molecule has 0 spiro atoms. The smallest absolute Gasteiger partial charge is 0.246 e. The zero-order valence-corrected chi connectivity index (χ0v) is 14.0. The molecule has 8 nitrogen and oxygen atoms in total. The Hall–Kier alpha value is -1.45. The molecule has 0 saturated carbocycles. The van der Waals surface area contributed by atoms with Gasteiger partial charge in [-0.2, -0.15) is 5.10 Å². The average molecular weight is 342 g/mol. The Kier molecular flexibility index (Phi) is 4.69. The van der Waals surface area contributed by atoms with E-state index in [1.807, 2.05) is 0 Å². The van der Waals surface area contributed by atoms with Crippen molar-refractivity contribution < 1.29 is 17.9 Å². The summed E-state index contributed by atoms with van der Waals surface area (Å²) in [6.45, 7) is 1.18. The third kappa shape index (κ3) is 3.73. The van der Waals surface area contributed by atoms with Gasteiger partial charge in [-0.05, 0) is 25.7 Å². The minimum atomic E-state index is -3.54. The van der Waals surface area contributed by atoms with Gasteiger partial charge in [-0.1, -0.05) is 0 Å². The zero-order valence-electron chi connectivity index (χ0n) is 13.1. The fourth-order valence-corrected chi connectivity index (χ4v) is 4.63. The molecular weight excluding hydrogens is 320 g/mol. The van der Waals surface area contributed by atoms with Crippen LogP contribution in [0.5, 0.6) is 0 Å². The molecule has 2 aliphatic heterocycles. The molecule has 0 bridgehead atoms. The van der Waals surface area contributed by atoms with Crippen molar-refractivity contribution in [3.63, 3.8) is 0 Å². The van der Waals surface area contributed by atoms with Crippen LogP contribution in [0.15, 0.2) is 12.3 Å². The topological polar surface area (TPSA) is 93.5 Å². The molecule has 9 heteroatoms. The number of nitrogens with one attached hydrogen (secondary N) is 1. The Morgan fingerprint density at radius 2 is 2.22 bits per heavy atom. The average Bonchev–Trinajstić information content (AvgIpc) is 3.12. The number of ether oxygens (including phenoxy) is 1. The van der Waals surface area contributed by atoms with Crippen molar-refractivity contribution in [1.29, 1.82) is 0 Å². The van der Waals surface area contributed by atoms with Gasteiger partial charge in [0.25, 0.3) is 0 Å². The quantitative estimate of drug-likeness (QED) is 0.814. The fourth-order valence-electron chi connectivity index (χ4n) is 3.13. The number of hydrogen-bond donors (Lipinski definition) is 1. The van der Waals surface area contributed by atoms with E-state index in [4.69, 9.17) is 4.74 Å². The first kappa shape index (κ1) is 16.4. The molecule has 2 saturated heterocycles. The third-order valence-electron chi connectivity index (χ3n) is 4.26. The lowest BCUT2D eigenvalue weighted by molar-refractivity contribution is -0.121. The van der Waals surface area contributed by atoms with Gasteiger partial charge in [-0.25, -0.2) is 13.1 Å². The van der Waals surface area contributed by atoms with Crippen molar-refractivity contribution in [2.45, 2.75) is 37.8 Å². The molecule has 1 N–H and O–H groups in total. The Bertz CT molecular complexity index is 666. The molecule has 23 heavy (non-hydrogen) atoms. The highest BCUT2D eigenvalue weighted by Gasteiger charge is 2.34. The number of sulfonamides is 1. The monoisotopic (exact) mass is 342 g/mol. The molecular formula is C14H22N4O4S. The number of piperidine rings is 1. The van der Waals surface area contributed by atoms with E-state index in [1.54, 1.807) is 28.9 Å². The van der Waals surface area contributed by atoms with Gasteiger partial charge >= 0.3 is 0 Å². The number of carbonyl (C=O) groups excluding carboxylic acids is 1. The summed E-state index contributed by atoms with van der Waals surface area (Å²) in [5.41, 5.74) is 0. The molecule has 1 aromatic rings. The molecule has 3 heterocycles. The SMILES string of the molecule is Cn1nccc1N1CCC[C@@H](NS(=O)(=O)C[C@H]2CCCO2)C1=O. The summed E-state index contributed by atoms with van der Waals surface area (Å²) >= 11 is 0. The summed E-state index contributed by atoms with van der Waals surface area (Å²) in [6, 6.07) is 1.03. The molecule has 1 aromatic heterocycles. The van der Waals surface area contributed by atoms with Crippen molar-refractivity contribution in [3.8, 4) is 0 Å². The van der Waals surface area contributed by atoms with Crippen LogP contribution in [-0.4, -0.2) is 55.2 Å². The van der Waals surface area contributed by atoms with Crippen LogP contribution in [0.4, 0.5) is 5.82 Å². The first-order valence-corrected chi connectivity index (χ1v) is 9.52. The number of hydrogen-bond acceptors (Lipinski definition) is 5. The number of rotatable bonds is 5. The second-order valence-electron chi connectivity index (χ2n) is 6.03. The van der Waals surface area contributed by atoms with Crippen molar-refractivity contribution in [2.24, 2.45) is 7.05 Å². The van der Waals surface area contributed by atoms with E-state index in [-0.39, 0.29) is 17.8 Å². The normalized spacial score (nSPS) is 26.0. The Morgan fingerprint density at radius 1 is 1.39 bits per heavy atom. The van der Waals surface area contributed by atoms with Gasteiger partial charge in [0.1, 0.15) is 11.9 Å². The first-order valence-electron chi connectivity index (χ1n) is 7.87. The molecule has 0 aliphatic carbocycles. The predicted octanol–water partition coefficient (Wildman–Crippen LogP) is 0.0139. The number of aromatic nitrogens is 2. The summed E-state index contributed by atoms with van der Waals surface area (Å²) in [4.78, 5) is 14.2. The predicted molar refractivity (Wildman–Crippen MR) is 84.5 cm³/mol.